The monoisotopic (exact) mass is 159 g/mol. The summed E-state index contributed by atoms with van der Waals surface area (Å²) in [5, 5.41) is 0. The minimum atomic E-state index is -0.0232. The molecule has 0 bridgehead atoms. The molecule has 0 fully saturated rings. The van der Waals surface area contributed by atoms with Gasteiger partial charge >= 0.3 is 0 Å². The predicted octanol–water partition coefficient (Wildman–Crippen LogP) is 2.74. The average molecular weight is 159 g/mol. The van der Waals surface area contributed by atoms with Gasteiger partial charge in [0, 0.05) is 6.61 Å². The second kappa shape index (κ2) is 8.02. The molecule has 0 spiro atoms. The molecule has 0 aromatic carbocycles. The lowest BCUT2D eigenvalue weighted by Gasteiger charge is -2.15. The van der Waals surface area contributed by atoms with Crippen molar-refractivity contribution in [1.82, 2.24) is 0 Å². The zero-order valence-electron chi connectivity index (χ0n) is 7.80. The first-order valence-corrected chi connectivity index (χ1v) is 4.40. The first kappa shape index (κ1) is 10.9. The fourth-order valence-electron chi connectivity index (χ4n) is 0.827. The first-order valence-electron chi connectivity index (χ1n) is 4.40. The molecule has 0 aliphatic heterocycles. The van der Waals surface area contributed by atoms with Crippen LogP contribution < -0.4 is 0 Å². The molecule has 2 nitrogen and oxygen atoms in total. The predicted molar refractivity (Wildman–Crippen MR) is 46.0 cm³/mol. The molecule has 0 saturated heterocycles. The maximum Gasteiger partial charge on any atom is 0.158 e. The molecule has 0 aromatic heterocycles. The van der Waals surface area contributed by atoms with Gasteiger partial charge in [0.2, 0.25) is 0 Å². The fourth-order valence-corrected chi connectivity index (χ4v) is 0.827. The topological polar surface area (TPSA) is 18.5 Å². The van der Waals surface area contributed by atoms with Crippen LogP contribution in [0.15, 0.2) is 0 Å². The molecule has 0 heterocycles. The van der Waals surface area contributed by atoms with E-state index in [1.165, 1.54) is 0 Å². The molecule has 2 heteroatoms. The molecule has 67 valence electrons. The molecule has 1 radical (unpaired) electrons. The van der Waals surface area contributed by atoms with Crippen LogP contribution in [-0.2, 0) is 9.47 Å². The van der Waals surface area contributed by atoms with Crippen LogP contribution in [0.2, 0.25) is 0 Å². The van der Waals surface area contributed by atoms with Gasteiger partial charge in [-0.15, -0.1) is 0 Å². The van der Waals surface area contributed by atoms with Crippen LogP contribution in [0.5, 0.6) is 0 Å². The highest BCUT2D eigenvalue weighted by atomic mass is 16.7. The molecule has 1 atom stereocenters. The second-order valence-corrected chi connectivity index (χ2v) is 2.46. The van der Waals surface area contributed by atoms with Crippen molar-refractivity contribution in [3.8, 4) is 0 Å². The Labute approximate surface area is 69.9 Å². The highest BCUT2D eigenvalue weighted by Crippen LogP contribution is 2.05. The molecule has 0 rings (SSSR count). The smallest absolute Gasteiger partial charge is 0.158 e. The molecular weight excluding hydrogens is 140 g/mol. The summed E-state index contributed by atoms with van der Waals surface area (Å²) in [6, 6.07) is 0. The van der Waals surface area contributed by atoms with Gasteiger partial charge in [-0.05, 0) is 19.8 Å². The van der Waals surface area contributed by atoms with Crippen LogP contribution >= 0.6 is 0 Å². The van der Waals surface area contributed by atoms with Crippen molar-refractivity contribution in [2.45, 2.75) is 46.3 Å². The summed E-state index contributed by atoms with van der Waals surface area (Å²) in [6.07, 6.45) is 3.10. The Balaban J connectivity index is 3.34. The van der Waals surface area contributed by atoms with E-state index < -0.39 is 0 Å². The lowest BCUT2D eigenvalue weighted by molar-refractivity contribution is -0.123. The Kier molecular flexibility index (Phi) is 7.96. The van der Waals surface area contributed by atoms with Gasteiger partial charge in [-0.1, -0.05) is 20.3 Å². The van der Waals surface area contributed by atoms with Crippen molar-refractivity contribution >= 4 is 0 Å². The molecular formula is C9H19O2. The maximum atomic E-state index is 5.42. The zero-order valence-corrected chi connectivity index (χ0v) is 7.80. The second-order valence-electron chi connectivity index (χ2n) is 2.46. The van der Waals surface area contributed by atoms with Crippen LogP contribution in [-0.4, -0.2) is 12.9 Å². The van der Waals surface area contributed by atoms with Crippen LogP contribution in [0, 0.1) is 6.61 Å². The highest BCUT2D eigenvalue weighted by molar-refractivity contribution is 4.46. The summed E-state index contributed by atoms with van der Waals surface area (Å²) in [6.45, 7) is 8.58. The molecule has 0 aliphatic rings. The molecule has 0 amide bonds. The van der Waals surface area contributed by atoms with Crippen LogP contribution in [0.4, 0.5) is 0 Å². The van der Waals surface area contributed by atoms with Crippen molar-refractivity contribution < 1.29 is 9.47 Å². The summed E-state index contributed by atoms with van der Waals surface area (Å²) in [5.41, 5.74) is 0. The van der Waals surface area contributed by atoms with Crippen molar-refractivity contribution in [3.05, 3.63) is 6.61 Å². The molecule has 0 N–H and O–H groups in total. The summed E-state index contributed by atoms with van der Waals surface area (Å²) in [4.78, 5) is 0. The van der Waals surface area contributed by atoms with E-state index >= 15 is 0 Å². The summed E-state index contributed by atoms with van der Waals surface area (Å²) in [7, 11) is 0. The average Bonchev–Trinajstić information content (AvgIpc) is 2.01. The first-order chi connectivity index (χ1) is 5.35. The Bertz CT molecular complexity index is 68.0. The van der Waals surface area contributed by atoms with Crippen LogP contribution in [0.3, 0.4) is 0 Å². The van der Waals surface area contributed by atoms with Crippen molar-refractivity contribution in [3.63, 3.8) is 0 Å². The van der Waals surface area contributed by atoms with Gasteiger partial charge in [-0.25, -0.2) is 0 Å². The quantitative estimate of drug-likeness (QED) is 0.532. The third-order valence-electron chi connectivity index (χ3n) is 1.32. The molecule has 0 aliphatic carbocycles. The minimum absolute atomic E-state index is 0.0232. The van der Waals surface area contributed by atoms with E-state index in [2.05, 4.69) is 13.8 Å². The maximum absolute atomic E-state index is 5.42. The van der Waals surface area contributed by atoms with Gasteiger partial charge in [0.1, 0.15) is 0 Å². The largest absolute Gasteiger partial charge is 0.353 e. The van der Waals surface area contributed by atoms with E-state index in [9.17, 15) is 0 Å². The number of rotatable bonds is 7. The Hall–Kier alpha value is -0.0800. The third kappa shape index (κ3) is 6.32. The summed E-state index contributed by atoms with van der Waals surface area (Å²) >= 11 is 0. The van der Waals surface area contributed by atoms with E-state index in [0.29, 0.717) is 0 Å². The van der Waals surface area contributed by atoms with Crippen molar-refractivity contribution in [2.24, 2.45) is 0 Å². The Morgan fingerprint density at radius 3 is 2.45 bits per heavy atom. The van der Waals surface area contributed by atoms with Crippen LogP contribution in [0.25, 0.3) is 0 Å². The number of hydrogen-bond donors (Lipinski definition) is 0. The molecule has 0 aromatic rings. The standard InChI is InChI=1S/C9H19O2/c1-4-7-9(10-6-3)11-8-5-2/h6,9H,4-5,7-8H2,1-3H3. The molecule has 1 unspecified atom stereocenters. The summed E-state index contributed by atoms with van der Waals surface area (Å²) in [5.74, 6) is 0. The normalized spacial score (nSPS) is 13.4. The number of ether oxygens (including phenoxy) is 2. The third-order valence-corrected chi connectivity index (χ3v) is 1.32. The lowest BCUT2D eigenvalue weighted by Crippen LogP contribution is -2.15. The number of hydrogen-bond acceptors (Lipinski definition) is 2. The van der Waals surface area contributed by atoms with Gasteiger partial charge in [-0.2, -0.15) is 0 Å². The van der Waals surface area contributed by atoms with Crippen molar-refractivity contribution in [1.29, 1.82) is 0 Å². The van der Waals surface area contributed by atoms with E-state index in [4.69, 9.17) is 9.47 Å². The van der Waals surface area contributed by atoms with Gasteiger partial charge in [0.25, 0.3) is 0 Å². The Morgan fingerprint density at radius 1 is 1.27 bits per heavy atom. The van der Waals surface area contributed by atoms with Gasteiger partial charge < -0.3 is 9.47 Å². The van der Waals surface area contributed by atoms with Gasteiger partial charge in [0.05, 0.1) is 6.61 Å². The van der Waals surface area contributed by atoms with Crippen molar-refractivity contribution in [2.75, 3.05) is 6.61 Å². The Morgan fingerprint density at radius 2 is 2.00 bits per heavy atom. The fraction of sp³-hybridized carbons (Fsp3) is 0.889. The van der Waals surface area contributed by atoms with E-state index in [-0.39, 0.29) is 6.29 Å². The minimum Gasteiger partial charge on any atom is -0.353 e. The van der Waals surface area contributed by atoms with E-state index in [1.54, 1.807) is 6.61 Å². The summed E-state index contributed by atoms with van der Waals surface area (Å²) < 4.78 is 10.7. The lowest BCUT2D eigenvalue weighted by atomic mass is 10.3. The van der Waals surface area contributed by atoms with Crippen LogP contribution in [0.1, 0.15) is 40.0 Å². The highest BCUT2D eigenvalue weighted by Gasteiger charge is 2.05. The van der Waals surface area contributed by atoms with Gasteiger partial charge in [-0.3, -0.25) is 0 Å². The molecule has 11 heavy (non-hydrogen) atoms. The zero-order chi connectivity index (χ0) is 8.53. The SMILES string of the molecule is C[CH]OC(CCC)OCCC. The molecule has 0 saturated carbocycles. The van der Waals surface area contributed by atoms with Gasteiger partial charge in [0.15, 0.2) is 6.29 Å². The van der Waals surface area contributed by atoms with E-state index in [0.717, 1.165) is 25.9 Å². The van der Waals surface area contributed by atoms with E-state index in [1.807, 2.05) is 6.92 Å².